The molecule has 0 spiro atoms. The van der Waals surface area contributed by atoms with Crippen LogP contribution >= 0.6 is 0 Å². The Labute approximate surface area is 230 Å². The maximum absolute atomic E-state index is 10.0. The molecule has 0 saturated carbocycles. The summed E-state index contributed by atoms with van der Waals surface area (Å²) in [4.78, 5) is 14.8. The van der Waals surface area contributed by atoms with Crippen molar-refractivity contribution in [3.8, 4) is 11.3 Å². The summed E-state index contributed by atoms with van der Waals surface area (Å²) < 4.78 is 6.28. The molecule has 0 atom stereocenters. The number of allylic oxidation sites excluding steroid dienone is 2. The Kier molecular flexibility index (Phi) is 7.96. The van der Waals surface area contributed by atoms with Crippen molar-refractivity contribution < 1.29 is 34.4 Å². The third-order valence-electron chi connectivity index (χ3n) is 6.75. The number of carbonyl (C=O) groups excluding carboxylic acids is 1. The number of aryl methyl sites for hydroxylation is 4. The fraction of sp³-hybridized carbons (Fsp3) is 0.250. The molecule has 1 aliphatic rings. The summed E-state index contributed by atoms with van der Waals surface area (Å²) in [6.07, 6.45) is 7.96. The number of fused-ring (bicyclic) bond motifs is 5. The molecule has 37 heavy (non-hydrogen) atoms. The van der Waals surface area contributed by atoms with Crippen molar-refractivity contribution in [2.45, 2.75) is 53.4 Å². The number of aliphatic hydroxyl groups excluding tert-OH is 1. The number of pyridine rings is 1. The van der Waals surface area contributed by atoms with Gasteiger partial charge in [0.15, 0.2) is 5.78 Å². The van der Waals surface area contributed by atoms with Gasteiger partial charge < -0.3 is 14.5 Å². The third-order valence-corrected chi connectivity index (χ3v) is 6.75. The van der Waals surface area contributed by atoms with Crippen LogP contribution in [-0.2, 0) is 37.7 Å². The van der Waals surface area contributed by atoms with Crippen molar-refractivity contribution >= 4 is 38.5 Å². The number of rotatable bonds is 2. The van der Waals surface area contributed by atoms with E-state index in [1.165, 1.54) is 78.6 Å². The second-order valence-electron chi connectivity index (χ2n) is 9.79. The number of aromatic nitrogens is 1. The van der Waals surface area contributed by atoms with Gasteiger partial charge in [0.05, 0.1) is 5.76 Å². The average Bonchev–Trinajstić information content (AvgIpc) is 3.16. The van der Waals surface area contributed by atoms with E-state index < -0.39 is 0 Å². The van der Waals surface area contributed by atoms with Crippen LogP contribution in [0.25, 0.3) is 44.0 Å². The molecule has 0 saturated heterocycles. The molecule has 2 aromatic heterocycles. The van der Waals surface area contributed by atoms with Crippen LogP contribution in [0.2, 0.25) is 0 Å². The summed E-state index contributed by atoms with van der Waals surface area (Å²) in [6, 6.07) is 18.8. The number of ketones is 1. The van der Waals surface area contributed by atoms with Crippen LogP contribution in [0.4, 0.5) is 0 Å². The van der Waals surface area contributed by atoms with Crippen LogP contribution in [0.5, 0.6) is 0 Å². The first-order valence-electron chi connectivity index (χ1n) is 12.4. The van der Waals surface area contributed by atoms with Crippen LogP contribution in [0.1, 0.15) is 48.9 Å². The molecule has 5 heteroatoms. The Morgan fingerprint density at radius 2 is 1.65 bits per heavy atom. The summed E-state index contributed by atoms with van der Waals surface area (Å²) in [6.45, 7) is 7.09. The molecule has 0 amide bonds. The average molecular weight is 669 g/mol. The summed E-state index contributed by atoms with van der Waals surface area (Å²) in [5, 5.41) is 13.1. The standard InChI is InChI=1S/C27H22NO.C5H8O2.Ir/c1-16-7-8-21(17(2)11-16)27-22-15-24-23-12-18-5-3-4-6-19(18)13-25(23)29-26(24)14-20(22)9-10-28-27;1-4(6)3-5(2)7;/h7,9-15H,3-6H2,1-2H3;3,6H,1-2H3;/q-1;;/b;4-3-;. The van der Waals surface area contributed by atoms with Gasteiger partial charge in [-0.05, 0) is 97.5 Å². The summed E-state index contributed by atoms with van der Waals surface area (Å²) in [5.41, 5.74) is 9.40. The van der Waals surface area contributed by atoms with Gasteiger partial charge in [0.1, 0.15) is 11.2 Å². The fourth-order valence-electron chi connectivity index (χ4n) is 5.18. The zero-order valence-electron chi connectivity index (χ0n) is 21.6. The Balaban J connectivity index is 0.000000356. The Bertz CT molecular complexity index is 1660. The summed E-state index contributed by atoms with van der Waals surface area (Å²) in [7, 11) is 0. The van der Waals surface area contributed by atoms with Crippen LogP contribution in [0.15, 0.2) is 64.9 Å². The number of hydrogen-bond acceptors (Lipinski definition) is 4. The zero-order chi connectivity index (χ0) is 25.4. The van der Waals surface area contributed by atoms with Crippen molar-refractivity contribution in [1.82, 2.24) is 4.98 Å². The van der Waals surface area contributed by atoms with Crippen LogP contribution in [-0.4, -0.2) is 15.9 Å². The van der Waals surface area contributed by atoms with Gasteiger partial charge >= 0.3 is 0 Å². The van der Waals surface area contributed by atoms with Gasteiger partial charge in [-0.15, -0.1) is 34.9 Å². The van der Waals surface area contributed by atoms with Gasteiger partial charge in [-0.1, -0.05) is 13.8 Å². The molecule has 0 aliphatic heterocycles. The summed E-state index contributed by atoms with van der Waals surface area (Å²) in [5.74, 6) is -0.0625. The predicted octanol–water partition coefficient (Wildman–Crippen LogP) is 8.13. The molecule has 0 unspecified atom stereocenters. The molecule has 0 fully saturated rings. The Morgan fingerprint density at radius 3 is 2.30 bits per heavy atom. The van der Waals surface area contributed by atoms with Crippen LogP contribution < -0.4 is 0 Å². The minimum atomic E-state index is -0.125. The zero-order valence-corrected chi connectivity index (χ0v) is 24.0. The minimum absolute atomic E-state index is 0. The number of benzene rings is 3. The maximum atomic E-state index is 10.0. The van der Waals surface area contributed by atoms with E-state index in [2.05, 4.69) is 56.3 Å². The predicted molar refractivity (Wildman–Crippen MR) is 146 cm³/mol. The van der Waals surface area contributed by atoms with E-state index in [4.69, 9.17) is 14.5 Å². The molecule has 1 radical (unpaired) electrons. The largest absolute Gasteiger partial charge is 0.512 e. The Hall–Kier alpha value is -3.27. The van der Waals surface area contributed by atoms with E-state index in [-0.39, 0.29) is 31.6 Å². The second-order valence-corrected chi connectivity index (χ2v) is 9.79. The van der Waals surface area contributed by atoms with Crippen LogP contribution in [0, 0.1) is 19.9 Å². The summed E-state index contributed by atoms with van der Waals surface area (Å²) >= 11 is 0. The first kappa shape index (κ1) is 26.8. The first-order valence-corrected chi connectivity index (χ1v) is 12.4. The van der Waals surface area contributed by atoms with Gasteiger partial charge in [-0.2, -0.15) is 0 Å². The van der Waals surface area contributed by atoms with E-state index in [1.807, 2.05) is 12.3 Å². The number of nitrogens with zero attached hydrogens (tertiary/aromatic N) is 1. The molecule has 2 heterocycles. The van der Waals surface area contributed by atoms with Gasteiger partial charge in [0, 0.05) is 43.2 Å². The normalized spacial score (nSPS) is 13.1. The molecule has 6 rings (SSSR count). The quantitative estimate of drug-likeness (QED) is 0.117. The molecule has 1 N–H and O–H groups in total. The van der Waals surface area contributed by atoms with Crippen molar-refractivity contribution in [2.75, 3.05) is 0 Å². The van der Waals surface area contributed by atoms with Crippen molar-refractivity contribution in [3.05, 3.63) is 88.8 Å². The van der Waals surface area contributed by atoms with Gasteiger partial charge in [0.2, 0.25) is 0 Å². The molecule has 3 aromatic carbocycles. The van der Waals surface area contributed by atoms with E-state index in [0.29, 0.717) is 0 Å². The number of carbonyl (C=O) groups is 1. The van der Waals surface area contributed by atoms with E-state index >= 15 is 0 Å². The van der Waals surface area contributed by atoms with Gasteiger partial charge in [-0.3, -0.25) is 4.79 Å². The molecule has 5 aromatic rings. The van der Waals surface area contributed by atoms with Gasteiger partial charge in [0.25, 0.3) is 0 Å². The number of hydrogen-bond donors (Lipinski definition) is 1. The molecule has 1 aliphatic carbocycles. The SMILES string of the molecule is CC(=O)/C=C(/C)O.Cc1c[c-]c(-c2nccc3cc4oc5cc6c(cc5c4cc23)CCCC6)c(C)c1.[Ir]. The Morgan fingerprint density at radius 1 is 0.973 bits per heavy atom. The van der Waals surface area contributed by atoms with Crippen LogP contribution in [0.3, 0.4) is 0 Å². The van der Waals surface area contributed by atoms with E-state index in [0.717, 1.165) is 33.2 Å². The fourth-order valence-corrected chi connectivity index (χ4v) is 5.18. The van der Waals surface area contributed by atoms with Crippen molar-refractivity contribution in [2.24, 2.45) is 0 Å². The molecular formula is C32H30IrNO3-. The topological polar surface area (TPSA) is 63.3 Å². The second kappa shape index (κ2) is 11.0. The van der Waals surface area contributed by atoms with Gasteiger partial charge in [-0.25, -0.2) is 0 Å². The van der Waals surface area contributed by atoms with Crippen molar-refractivity contribution in [3.63, 3.8) is 0 Å². The smallest absolute Gasteiger partial charge is 0.155 e. The van der Waals surface area contributed by atoms with E-state index in [1.54, 1.807) is 0 Å². The van der Waals surface area contributed by atoms with Crippen molar-refractivity contribution in [1.29, 1.82) is 0 Å². The van der Waals surface area contributed by atoms with E-state index in [9.17, 15) is 4.79 Å². The maximum Gasteiger partial charge on any atom is 0.155 e. The monoisotopic (exact) mass is 669 g/mol. The molecule has 191 valence electrons. The number of furan rings is 1. The molecular weight excluding hydrogens is 639 g/mol. The molecule has 4 nitrogen and oxygen atoms in total. The molecule has 0 bridgehead atoms. The third kappa shape index (κ3) is 5.53. The first-order chi connectivity index (χ1) is 17.3. The minimum Gasteiger partial charge on any atom is -0.512 e. The number of aliphatic hydroxyl groups is 1.